The predicted octanol–water partition coefficient (Wildman–Crippen LogP) is -0.409. The molecule has 0 unspecified atom stereocenters. The fourth-order valence-corrected chi connectivity index (χ4v) is 2.02. The molecule has 0 spiro atoms. The number of carboxylic acids is 1. The second-order valence-electron chi connectivity index (χ2n) is 3.90. The van der Waals surface area contributed by atoms with Crippen LogP contribution in [0, 0.1) is 5.92 Å². The third-order valence-corrected chi connectivity index (χ3v) is 2.94. The predicted molar refractivity (Wildman–Crippen MR) is 55.0 cm³/mol. The van der Waals surface area contributed by atoms with Gasteiger partial charge in [-0.25, -0.2) is 0 Å². The lowest BCUT2D eigenvalue weighted by Crippen LogP contribution is -2.44. The Labute approximate surface area is 93.0 Å². The van der Waals surface area contributed by atoms with Gasteiger partial charge in [0, 0.05) is 0 Å². The van der Waals surface area contributed by atoms with Crippen molar-refractivity contribution in [1.82, 2.24) is 5.32 Å². The van der Waals surface area contributed by atoms with Crippen molar-refractivity contribution >= 4 is 13.6 Å². The molecule has 1 aliphatic heterocycles. The van der Waals surface area contributed by atoms with Crippen molar-refractivity contribution < 1.29 is 29.0 Å². The molecule has 1 saturated heterocycles. The minimum Gasteiger partial charge on any atom is -0.480 e. The zero-order valence-corrected chi connectivity index (χ0v) is 9.60. The lowest BCUT2D eigenvalue weighted by Gasteiger charge is -2.27. The van der Waals surface area contributed by atoms with Crippen molar-refractivity contribution in [3.8, 4) is 0 Å². The summed E-state index contributed by atoms with van der Waals surface area (Å²) in [5.74, 6) is -0.867. The standard InChI is InChI=1S/C8H16NO6P/c10-8(11)7-3-6(1-2-9-7)4-15-5-16(12,13)14/h6-7,9H,1-5H2,(H,10,11)(H2,12,13,14)/t6-,7+/m0/s1. The maximum Gasteiger partial charge on any atom is 0.350 e. The van der Waals surface area contributed by atoms with Crippen LogP contribution in [0.25, 0.3) is 0 Å². The molecule has 4 N–H and O–H groups in total. The van der Waals surface area contributed by atoms with Gasteiger partial charge in [0.15, 0.2) is 0 Å². The van der Waals surface area contributed by atoms with Gasteiger partial charge in [0.25, 0.3) is 0 Å². The number of piperidine rings is 1. The van der Waals surface area contributed by atoms with Crippen LogP contribution in [-0.4, -0.2) is 46.4 Å². The summed E-state index contributed by atoms with van der Waals surface area (Å²) in [6.45, 7) is 0.775. The number of hydrogen-bond acceptors (Lipinski definition) is 4. The van der Waals surface area contributed by atoms with Crippen molar-refractivity contribution in [1.29, 1.82) is 0 Å². The van der Waals surface area contributed by atoms with Gasteiger partial charge in [-0.15, -0.1) is 0 Å². The monoisotopic (exact) mass is 253 g/mol. The highest BCUT2D eigenvalue weighted by atomic mass is 31.2. The molecular weight excluding hydrogens is 237 g/mol. The van der Waals surface area contributed by atoms with Crippen LogP contribution in [0.4, 0.5) is 0 Å². The number of aliphatic carboxylic acids is 1. The maximum atomic E-state index is 10.7. The summed E-state index contributed by atoms with van der Waals surface area (Å²) in [5, 5.41) is 11.6. The Morgan fingerprint density at radius 1 is 1.50 bits per heavy atom. The first-order chi connectivity index (χ1) is 7.38. The molecule has 94 valence electrons. The largest absolute Gasteiger partial charge is 0.480 e. The lowest BCUT2D eigenvalue weighted by atomic mass is 9.93. The van der Waals surface area contributed by atoms with E-state index in [1.165, 1.54) is 0 Å². The number of ether oxygens (including phenoxy) is 1. The minimum absolute atomic E-state index is 0.0360. The summed E-state index contributed by atoms with van der Waals surface area (Å²) >= 11 is 0. The number of carboxylic acid groups (broad SMARTS) is 1. The molecule has 1 aliphatic rings. The van der Waals surface area contributed by atoms with E-state index >= 15 is 0 Å². The second-order valence-corrected chi connectivity index (χ2v) is 5.49. The van der Waals surface area contributed by atoms with E-state index in [4.69, 9.17) is 19.6 Å². The van der Waals surface area contributed by atoms with Gasteiger partial charge in [0.2, 0.25) is 0 Å². The van der Waals surface area contributed by atoms with Crippen molar-refractivity contribution in [2.24, 2.45) is 5.92 Å². The smallest absolute Gasteiger partial charge is 0.350 e. The number of carbonyl (C=O) groups is 1. The molecule has 16 heavy (non-hydrogen) atoms. The molecule has 0 bridgehead atoms. The molecule has 0 aliphatic carbocycles. The number of nitrogens with one attached hydrogen (secondary N) is 1. The van der Waals surface area contributed by atoms with E-state index < -0.39 is 26.0 Å². The zero-order valence-electron chi connectivity index (χ0n) is 8.70. The average Bonchev–Trinajstić information content (AvgIpc) is 2.16. The summed E-state index contributed by atoms with van der Waals surface area (Å²) in [5.41, 5.74) is 0. The van der Waals surface area contributed by atoms with Gasteiger partial charge in [0.1, 0.15) is 12.4 Å². The van der Waals surface area contributed by atoms with Gasteiger partial charge in [-0.1, -0.05) is 0 Å². The first-order valence-corrected chi connectivity index (χ1v) is 6.77. The zero-order chi connectivity index (χ0) is 12.2. The van der Waals surface area contributed by atoms with Crippen molar-refractivity contribution in [3.05, 3.63) is 0 Å². The fraction of sp³-hybridized carbons (Fsp3) is 0.875. The van der Waals surface area contributed by atoms with Crippen LogP contribution in [0.3, 0.4) is 0 Å². The third kappa shape index (κ3) is 5.05. The van der Waals surface area contributed by atoms with Crippen LogP contribution in [0.5, 0.6) is 0 Å². The van der Waals surface area contributed by atoms with Crippen molar-refractivity contribution in [2.45, 2.75) is 18.9 Å². The van der Waals surface area contributed by atoms with Crippen LogP contribution in [0.1, 0.15) is 12.8 Å². The van der Waals surface area contributed by atoms with Crippen LogP contribution < -0.4 is 5.32 Å². The quantitative estimate of drug-likeness (QED) is 0.492. The molecule has 8 heteroatoms. The van der Waals surface area contributed by atoms with Gasteiger partial charge in [-0.2, -0.15) is 0 Å². The molecule has 0 radical (unpaired) electrons. The molecule has 0 aromatic heterocycles. The molecule has 0 aromatic carbocycles. The summed E-state index contributed by atoms with van der Waals surface area (Å²) in [7, 11) is -4.12. The molecule has 0 saturated carbocycles. The Bertz CT molecular complexity index is 290. The van der Waals surface area contributed by atoms with Crippen LogP contribution in [-0.2, 0) is 14.1 Å². The molecule has 7 nitrogen and oxygen atoms in total. The molecule has 0 amide bonds. The summed E-state index contributed by atoms with van der Waals surface area (Å²) in [6.07, 6.45) is 0.579. The average molecular weight is 253 g/mol. The van der Waals surface area contributed by atoms with Crippen LogP contribution in [0.2, 0.25) is 0 Å². The Hall–Kier alpha value is -0.460. The molecule has 1 heterocycles. The van der Waals surface area contributed by atoms with Crippen molar-refractivity contribution in [3.63, 3.8) is 0 Å². The van der Waals surface area contributed by atoms with E-state index in [2.05, 4.69) is 5.32 Å². The molecular formula is C8H16NO6P. The highest BCUT2D eigenvalue weighted by Gasteiger charge is 2.27. The van der Waals surface area contributed by atoms with Crippen LogP contribution in [0.15, 0.2) is 0 Å². The van der Waals surface area contributed by atoms with Gasteiger partial charge >= 0.3 is 13.6 Å². The first kappa shape index (κ1) is 13.6. The highest BCUT2D eigenvalue weighted by Crippen LogP contribution is 2.34. The van der Waals surface area contributed by atoms with E-state index in [1.807, 2.05) is 0 Å². The molecule has 1 rings (SSSR count). The van der Waals surface area contributed by atoms with Crippen LogP contribution >= 0.6 is 7.60 Å². The summed E-state index contributed by atoms with van der Waals surface area (Å²) in [4.78, 5) is 27.8. The van der Waals surface area contributed by atoms with E-state index in [-0.39, 0.29) is 12.5 Å². The van der Waals surface area contributed by atoms with Gasteiger partial charge in [-0.3, -0.25) is 9.36 Å². The van der Waals surface area contributed by atoms with E-state index in [0.29, 0.717) is 13.0 Å². The fourth-order valence-electron chi connectivity index (χ4n) is 1.67. The Morgan fingerprint density at radius 3 is 2.75 bits per heavy atom. The lowest BCUT2D eigenvalue weighted by molar-refractivity contribution is -0.140. The normalized spacial score (nSPS) is 26.6. The Kier molecular flexibility index (Phi) is 4.89. The van der Waals surface area contributed by atoms with Gasteiger partial charge < -0.3 is 24.9 Å². The second kappa shape index (κ2) is 5.75. The van der Waals surface area contributed by atoms with Gasteiger partial charge in [0.05, 0.1) is 6.61 Å². The van der Waals surface area contributed by atoms with E-state index in [9.17, 15) is 9.36 Å². The SMILES string of the molecule is O=C(O)[C@H]1C[C@@H](COCP(=O)(O)O)CCN1. The topological polar surface area (TPSA) is 116 Å². The van der Waals surface area contributed by atoms with Crippen molar-refractivity contribution in [2.75, 3.05) is 19.5 Å². The Morgan fingerprint density at radius 2 is 2.19 bits per heavy atom. The first-order valence-electron chi connectivity index (χ1n) is 4.97. The van der Waals surface area contributed by atoms with E-state index in [1.54, 1.807) is 0 Å². The molecule has 2 atom stereocenters. The molecule has 0 aromatic rings. The highest BCUT2D eigenvalue weighted by molar-refractivity contribution is 7.51. The maximum absolute atomic E-state index is 10.7. The number of rotatable bonds is 5. The molecule has 1 fully saturated rings. The minimum atomic E-state index is -4.12. The summed E-state index contributed by atoms with van der Waals surface area (Å²) in [6, 6.07) is -0.586. The van der Waals surface area contributed by atoms with E-state index in [0.717, 1.165) is 6.42 Å². The Balaban J connectivity index is 2.27. The number of hydrogen-bond donors (Lipinski definition) is 4. The summed E-state index contributed by atoms with van der Waals surface area (Å²) < 4.78 is 15.4. The van der Waals surface area contributed by atoms with Gasteiger partial charge in [-0.05, 0) is 25.3 Å². The third-order valence-electron chi connectivity index (χ3n) is 2.42.